The first kappa shape index (κ1) is 14.4. The molecule has 0 heterocycles. The summed E-state index contributed by atoms with van der Waals surface area (Å²) in [7, 11) is 0. The molecule has 1 aromatic rings. The molecule has 1 fully saturated rings. The van der Waals surface area contributed by atoms with Crippen molar-refractivity contribution in [1.82, 2.24) is 0 Å². The summed E-state index contributed by atoms with van der Waals surface area (Å²) in [6, 6.07) is 8.32. The summed E-state index contributed by atoms with van der Waals surface area (Å²) in [6.45, 7) is 8.80. The molecular formula is C17H27NO. The molecule has 2 nitrogen and oxygen atoms in total. The highest BCUT2D eigenvalue weighted by atomic mass is 16.5. The Labute approximate surface area is 117 Å². The molecule has 2 atom stereocenters. The van der Waals surface area contributed by atoms with Crippen LogP contribution in [0.4, 0.5) is 0 Å². The Bertz CT molecular complexity index is 425. The normalized spacial score (nSPS) is 23.6. The van der Waals surface area contributed by atoms with Gasteiger partial charge in [0, 0.05) is 11.6 Å². The van der Waals surface area contributed by atoms with E-state index in [0.717, 1.165) is 11.3 Å². The minimum Gasteiger partial charge on any atom is -0.491 e. The number of rotatable bonds is 4. The monoisotopic (exact) mass is 261 g/mol. The molecule has 2 N–H and O–H groups in total. The van der Waals surface area contributed by atoms with Gasteiger partial charge >= 0.3 is 0 Å². The first-order chi connectivity index (χ1) is 8.92. The first-order valence-corrected chi connectivity index (χ1v) is 7.43. The fourth-order valence-electron chi connectivity index (χ4n) is 3.35. The molecule has 0 spiro atoms. The summed E-state index contributed by atoms with van der Waals surface area (Å²) in [5.41, 5.74) is 8.07. The van der Waals surface area contributed by atoms with Crippen LogP contribution in [0.1, 0.15) is 58.6 Å². The molecular weight excluding hydrogens is 234 g/mol. The standard InChI is InChI=1S/C17H27NO/c1-12(2)19-15-10-6-5-8-13(15)16(18)14-9-7-11-17(14,3)4/h5-6,8,10,12,14,16H,7,9,11,18H2,1-4H3. The minimum atomic E-state index is 0.0763. The molecule has 1 saturated carbocycles. The Morgan fingerprint density at radius 2 is 1.95 bits per heavy atom. The van der Waals surface area contributed by atoms with Gasteiger partial charge in [-0.25, -0.2) is 0 Å². The first-order valence-electron chi connectivity index (χ1n) is 7.43. The van der Waals surface area contributed by atoms with Crippen molar-refractivity contribution in [1.29, 1.82) is 0 Å². The van der Waals surface area contributed by atoms with Crippen molar-refractivity contribution in [2.24, 2.45) is 17.1 Å². The average Bonchev–Trinajstić information content (AvgIpc) is 2.68. The van der Waals surface area contributed by atoms with Gasteiger partial charge in [0.1, 0.15) is 5.75 Å². The molecule has 2 unspecified atom stereocenters. The van der Waals surface area contributed by atoms with Gasteiger partial charge in [0.25, 0.3) is 0 Å². The summed E-state index contributed by atoms with van der Waals surface area (Å²) in [5.74, 6) is 1.50. The molecule has 0 aliphatic heterocycles. The van der Waals surface area contributed by atoms with E-state index < -0.39 is 0 Å². The maximum atomic E-state index is 6.57. The molecule has 0 radical (unpaired) electrons. The van der Waals surface area contributed by atoms with E-state index in [4.69, 9.17) is 10.5 Å². The number of nitrogens with two attached hydrogens (primary N) is 1. The molecule has 1 aliphatic rings. The van der Waals surface area contributed by atoms with E-state index in [0.29, 0.717) is 11.3 Å². The van der Waals surface area contributed by atoms with Gasteiger partial charge in [-0.15, -0.1) is 0 Å². The van der Waals surface area contributed by atoms with Gasteiger partial charge in [0.05, 0.1) is 6.10 Å². The van der Waals surface area contributed by atoms with E-state index in [1.165, 1.54) is 19.3 Å². The van der Waals surface area contributed by atoms with Crippen molar-refractivity contribution in [2.75, 3.05) is 0 Å². The second-order valence-electron chi connectivity index (χ2n) is 6.72. The minimum absolute atomic E-state index is 0.0763. The molecule has 1 aromatic carbocycles. The predicted molar refractivity (Wildman–Crippen MR) is 80.3 cm³/mol. The molecule has 19 heavy (non-hydrogen) atoms. The largest absolute Gasteiger partial charge is 0.491 e. The maximum Gasteiger partial charge on any atom is 0.124 e. The van der Waals surface area contributed by atoms with Gasteiger partial charge in [0.15, 0.2) is 0 Å². The van der Waals surface area contributed by atoms with E-state index in [1.807, 2.05) is 12.1 Å². The molecule has 106 valence electrons. The van der Waals surface area contributed by atoms with Gasteiger partial charge in [-0.3, -0.25) is 0 Å². The molecule has 2 rings (SSSR count). The summed E-state index contributed by atoms with van der Waals surface area (Å²) in [6.07, 6.45) is 3.98. The molecule has 0 bridgehead atoms. The highest BCUT2D eigenvalue weighted by molar-refractivity contribution is 5.36. The van der Waals surface area contributed by atoms with E-state index >= 15 is 0 Å². The number of benzene rings is 1. The van der Waals surface area contributed by atoms with Crippen LogP contribution in [0.15, 0.2) is 24.3 Å². The lowest BCUT2D eigenvalue weighted by Crippen LogP contribution is -2.30. The quantitative estimate of drug-likeness (QED) is 0.877. The lowest BCUT2D eigenvalue weighted by molar-refractivity contribution is 0.208. The Balaban J connectivity index is 2.26. The van der Waals surface area contributed by atoms with Gasteiger partial charge in [-0.1, -0.05) is 38.5 Å². The maximum absolute atomic E-state index is 6.57. The van der Waals surface area contributed by atoms with E-state index in [2.05, 4.69) is 39.8 Å². The van der Waals surface area contributed by atoms with Crippen LogP contribution in [0.25, 0.3) is 0 Å². The van der Waals surface area contributed by atoms with Crippen LogP contribution in [0, 0.1) is 11.3 Å². The van der Waals surface area contributed by atoms with Crippen LogP contribution in [0.3, 0.4) is 0 Å². The number of ether oxygens (including phenoxy) is 1. The van der Waals surface area contributed by atoms with Crippen molar-refractivity contribution in [2.45, 2.75) is 59.1 Å². The Kier molecular flexibility index (Phi) is 4.19. The fraction of sp³-hybridized carbons (Fsp3) is 0.647. The average molecular weight is 261 g/mol. The van der Waals surface area contributed by atoms with Crippen LogP contribution in [0.2, 0.25) is 0 Å². The topological polar surface area (TPSA) is 35.2 Å². The number of para-hydroxylation sites is 1. The zero-order valence-corrected chi connectivity index (χ0v) is 12.6. The molecule has 2 heteroatoms. The molecule has 0 saturated heterocycles. The fourth-order valence-corrected chi connectivity index (χ4v) is 3.35. The van der Waals surface area contributed by atoms with Gasteiger partial charge in [0.2, 0.25) is 0 Å². The van der Waals surface area contributed by atoms with E-state index in [-0.39, 0.29) is 12.1 Å². The second-order valence-corrected chi connectivity index (χ2v) is 6.72. The van der Waals surface area contributed by atoms with Gasteiger partial charge in [-0.2, -0.15) is 0 Å². The summed E-state index contributed by atoms with van der Waals surface area (Å²) >= 11 is 0. The highest BCUT2D eigenvalue weighted by Crippen LogP contribution is 2.48. The number of hydrogen-bond acceptors (Lipinski definition) is 2. The van der Waals surface area contributed by atoms with Crippen molar-refractivity contribution in [3.8, 4) is 5.75 Å². The predicted octanol–water partition coefficient (Wildman–Crippen LogP) is 4.30. The zero-order valence-electron chi connectivity index (χ0n) is 12.6. The molecule has 0 amide bonds. The third-order valence-electron chi connectivity index (χ3n) is 4.41. The highest BCUT2D eigenvalue weighted by Gasteiger charge is 2.39. The smallest absolute Gasteiger partial charge is 0.124 e. The third-order valence-corrected chi connectivity index (χ3v) is 4.41. The van der Waals surface area contributed by atoms with Crippen LogP contribution in [0.5, 0.6) is 5.75 Å². The summed E-state index contributed by atoms with van der Waals surface area (Å²) in [4.78, 5) is 0. The lowest BCUT2D eigenvalue weighted by atomic mass is 9.75. The zero-order chi connectivity index (χ0) is 14.0. The third kappa shape index (κ3) is 3.11. The SMILES string of the molecule is CC(C)Oc1ccccc1C(N)C1CCCC1(C)C. The van der Waals surface area contributed by atoms with Crippen LogP contribution >= 0.6 is 0 Å². The van der Waals surface area contributed by atoms with Crippen LogP contribution in [-0.4, -0.2) is 6.10 Å². The van der Waals surface area contributed by atoms with Gasteiger partial charge < -0.3 is 10.5 Å². The molecule has 0 aromatic heterocycles. The van der Waals surface area contributed by atoms with Crippen molar-refractivity contribution in [3.63, 3.8) is 0 Å². The van der Waals surface area contributed by atoms with Crippen LogP contribution in [-0.2, 0) is 0 Å². The Hall–Kier alpha value is -1.02. The molecule has 1 aliphatic carbocycles. The Morgan fingerprint density at radius 1 is 1.26 bits per heavy atom. The summed E-state index contributed by atoms with van der Waals surface area (Å²) < 4.78 is 5.91. The van der Waals surface area contributed by atoms with Crippen molar-refractivity contribution < 1.29 is 4.74 Å². The van der Waals surface area contributed by atoms with Crippen molar-refractivity contribution in [3.05, 3.63) is 29.8 Å². The van der Waals surface area contributed by atoms with E-state index in [1.54, 1.807) is 0 Å². The Morgan fingerprint density at radius 3 is 2.53 bits per heavy atom. The second kappa shape index (κ2) is 5.54. The number of hydrogen-bond donors (Lipinski definition) is 1. The van der Waals surface area contributed by atoms with Gasteiger partial charge in [-0.05, 0) is 44.1 Å². The summed E-state index contributed by atoms with van der Waals surface area (Å²) in [5, 5.41) is 0. The van der Waals surface area contributed by atoms with Crippen LogP contribution < -0.4 is 10.5 Å². The lowest BCUT2D eigenvalue weighted by Gasteiger charge is -2.33. The van der Waals surface area contributed by atoms with E-state index in [9.17, 15) is 0 Å². The van der Waals surface area contributed by atoms with Crippen molar-refractivity contribution >= 4 is 0 Å².